The molecule has 2 heterocycles. The highest BCUT2D eigenvalue weighted by atomic mass is 32.1. The Morgan fingerprint density at radius 1 is 1.09 bits per heavy atom. The average Bonchev–Trinajstić information content (AvgIpc) is 3.28. The smallest absolute Gasteiger partial charge is 0.369 e. The van der Waals surface area contributed by atoms with Gasteiger partial charge in [0.1, 0.15) is 10.7 Å². The van der Waals surface area contributed by atoms with E-state index in [2.05, 4.69) is 52.1 Å². The minimum Gasteiger partial charge on any atom is -0.369 e. The van der Waals surface area contributed by atoms with Gasteiger partial charge in [-0.3, -0.25) is 9.69 Å². The summed E-state index contributed by atoms with van der Waals surface area (Å²) in [6.07, 6.45) is -4.41. The van der Waals surface area contributed by atoms with Gasteiger partial charge in [0.15, 0.2) is 0 Å². The van der Waals surface area contributed by atoms with Crippen LogP contribution in [-0.2, 0) is 19.3 Å². The fourth-order valence-electron chi connectivity index (χ4n) is 4.03. The SMILES string of the molecule is Cc1cccc(N2CCN(Cc3nc(C(=O)NCc4cccc(C(F)(F)F)c4)cs3)CC2)c1C. The van der Waals surface area contributed by atoms with Gasteiger partial charge in [0.25, 0.3) is 5.91 Å². The van der Waals surface area contributed by atoms with Gasteiger partial charge < -0.3 is 10.2 Å². The van der Waals surface area contributed by atoms with Crippen LogP contribution in [0.4, 0.5) is 18.9 Å². The summed E-state index contributed by atoms with van der Waals surface area (Å²) >= 11 is 1.42. The Kier molecular flexibility index (Phi) is 7.23. The first-order valence-electron chi connectivity index (χ1n) is 11.1. The van der Waals surface area contributed by atoms with Crippen LogP contribution in [0.3, 0.4) is 0 Å². The number of nitrogens with one attached hydrogen (secondary N) is 1. The normalized spacial score (nSPS) is 14.9. The second kappa shape index (κ2) is 10.1. The number of nitrogens with zero attached hydrogens (tertiary/aromatic N) is 3. The fraction of sp³-hybridized carbons (Fsp3) is 0.360. The number of amides is 1. The Balaban J connectivity index is 1.28. The zero-order chi connectivity index (χ0) is 24.3. The maximum Gasteiger partial charge on any atom is 0.416 e. The Bertz CT molecular complexity index is 1150. The van der Waals surface area contributed by atoms with E-state index in [1.165, 1.54) is 34.2 Å². The van der Waals surface area contributed by atoms with Crippen LogP contribution in [0.15, 0.2) is 47.8 Å². The van der Waals surface area contributed by atoms with Crippen LogP contribution in [0.1, 0.15) is 37.7 Å². The minimum absolute atomic E-state index is 0.00987. The number of hydrogen-bond donors (Lipinski definition) is 1. The number of rotatable bonds is 6. The van der Waals surface area contributed by atoms with Crippen LogP contribution in [0, 0.1) is 13.8 Å². The summed E-state index contributed by atoms with van der Waals surface area (Å²) in [5.74, 6) is -0.389. The number of aryl methyl sites for hydroxylation is 1. The molecule has 1 aliphatic heterocycles. The predicted molar refractivity (Wildman–Crippen MR) is 128 cm³/mol. The second-order valence-electron chi connectivity index (χ2n) is 8.49. The molecule has 2 aromatic carbocycles. The van der Waals surface area contributed by atoms with E-state index in [-0.39, 0.29) is 12.5 Å². The summed E-state index contributed by atoms with van der Waals surface area (Å²) < 4.78 is 38.6. The number of aromatic nitrogens is 1. The van der Waals surface area contributed by atoms with Crippen molar-refractivity contribution in [3.8, 4) is 0 Å². The molecule has 4 rings (SSSR count). The minimum atomic E-state index is -4.41. The largest absolute Gasteiger partial charge is 0.416 e. The van der Waals surface area contributed by atoms with E-state index in [0.29, 0.717) is 17.8 Å². The summed E-state index contributed by atoms with van der Waals surface area (Å²) in [5.41, 5.74) is 3.85. The van der Waals surface area contributed by atoms with Crippen molar-refractivity contribution in [1.82, 2.24) is 15.2 Å². The van der Waals surface area contributed by atoms with Gasteiger partial charge in [-0.1, -0.05) is 24.3 Å². The van der Waals surface area contributed by atoms with Gasteiger partial charge in [0.05, 0.1) is 12.1 Å². The molecule has 0 bridgehead atoms. The Labute approximate surface area is 201 Å². The van der Waals surface area contributed by atoms with Gasteiger partial charge in [-0.25, -0.2) is 4.98 Å². The second-order valence-corrected chi connectivity index (χ2v) is 9.43. The number of alkyl halides is 3. The first-order chi connectivity index (χ1) is 16.2. The summed E-state index contributed by atoms with van der Waals surface area (Å²) in [5, 5.41) is 5.21. The molecule has 3 aromatic rings. The third-order valence-corrected chi connectivity index (χ3v) is 6.97. The highest BCUT2D eigenvalue weighted by Crippen LogP contribution is 2.29. The molecule has 0 radical (unpaired) electrons. The van der Waals surface area contributed by atoms with E-state index in [1.807, 2.05) is 0 Å². The van der Waals surface area contributed by atoms with Crippen LogP contribution in [0.5, 0.6) is 0 Å². The number of carbonyl (C=O) groups excluding carboxylic acids is 1. The molecule has 1 saturated heterocycles. The van der Waals surface area contributed by atoms with Gasteiger partial charge in [-0.15, -0.1) is 11.3 Å². The van der Waals surface area contributed by atoms with Crippen molar-refractivity contribution in [3.05, 3.63) is 80.8 Å². The van der Waals surface area contributed by atoms with Crippen molar-refractivity contribution in [2.45, 2.75) is 33.1 Å². The molecular formula is C25H27F3N4OS. The molecule has 1 amide bonds. The molecule has 0 atom stereocenters. The van der Waals surface area contributed by atoms with Crippen LogP contribution >= 0.6 is 11.3 Å². The standard InChI is InChI=1S/C25H27F3N4OS/c1-17-5-3-8-22(18(17)2)32-11-9-31(10-12-32)15-23-30-21(16-34-23)24(33)29-14-19-6-4-7-20(13-19)25(26,27)28/h3-8,13,16H,9-12,14-15H2,1-2H3,(H,29,33). The van der Waals surface area contributed by atoms with E-state index in [9.17, 15) is 18.0 Å². The predicted octanol–water partition coefficient (Wildman–Crippen LogP) is 5.03. The monoisotopic (exact) mass is 488 g/mol. The third-order valence-electron chi connectivity index (χ3n) is 6.14. The van der Waals surface area contributed by atoms with Crippen LogP contribution < -0.4 is 10.2 Å². The maximum absolute atomic E-state index is 12.9. The van der Waals surface area contributed by atoms with Crippen molar-refractivity contribution in [2.24, 2.45) is 0 Å². The van der Waals surface area contributed by atoms with E-state index < -0.39 is 11.7 Å². The lowest BCUT2D eigenvalue weighted by atomic mass is 10.1. The number of hydrogen-bond acceptors (Lipinski definition) is 5. The van der Waals surface area contributed by atoms with Crippen molar-refractivity contribution in [1.29, 1.82) is 0 Å². The number of carbonyl (C=O) groups is 1. The molecular weight excluding hydrogens is 461 g/mol. The fourth-order valence-corrected chi connectivity index (χ4v) is 4.85. The van der Waals surface area contributed by atoms with E-state index in [1.54, 1.807) is 11.4 Å². The average molecular weight is 489 g/mol. The van der Waals surface area contributed by atoms with Crippen molar-refractivity contribution in [3.63, 3.8) is 0 Å². The Morgan fingerprint density at radius 3 is 2.56 bits per heavy atom. The Morgan fingerprint density at radius 2 is 1.82 bits per heavy atom. The molecule has 0 unspecified atom stereocenters. The highest BCUT2D eigenvalue weighted by molar-refractivity contribution is 7.09. The quantitative estimate of drug-likeness (QED) is 0.529. The topological polar surface area (TPSA) is 48.5 Å². The van der Waals surface area contributed by atoms with Crippen molar-refractivity contribution < 1.29 is 18.0 Å². The van der Waals surface area contributed by atoms with Gasteiger partial charge >= 0.3 is 6.18 Å². The summed E-state index contributed by atoms with van der Waals surface area (Å²) in [4.78, 5) is 21.6. The van der Waals surface area contributed by atoms with Crippen LogP contribution in [-0.4, -0.2) is 42.0 Å². The molecule has 0 aliphatic carbocycles. The molecule has 0 spiro atoms. The van der Waals surface area contributed by atoms with Crippen LogP contribution in [0.25, 0.3) is 0 Å². The first-order valence-corrected chi connectivity index (χ1v) is 12.0. The highest BCUT2D eigenvalue weighted by Gasteiger charge is 2.30. The number of piperazine rings is 1. The molecule has 1 aromatic heterocycles. The van der Waals surface area contributed by atoms with Gasteiger partial charge in [-0.05, 0) is 48.7 Å². The van der Waals surface area contributed by atoms with Gasteiger partial charge in [0, 0.05) is 43.8 Å². The maximum atomic E-state index is 12.9. The number of thiazole rings is 1. The molecule has 1 aliphatic rings. The van der Waals surface area contributed by atoms with Gasteiger partial charge in [0.2, 0.25) is 0 Å². The third kappa shape index (κ3) is 5.77. The molecule has 34 heavy (non-hydrogen) atoms. The lowest BCUT2D eigenvalue weighted by molar-refractivity contribution is -0.137. The lowest BCUT2D eigenvalue weighted by Gasteiger charge is -2.36. The number of halogens is 3. The molecule has 5 nitrogen and oxygen atoms in total. The van der Waals surface area contributed by atoms with Crippen LogP contribution in [0.2, 0.25) is 0 Å². The zero-order valence-electron chi connectivity index (χ0n) is 19.2. The molecule has 0 saturated carbocycles. The molecule has 1 fully saturated rings. The summed E-state index contributed by atoms with van der Waals surface area (Å²) in [7, 11) is 0. The van der Waals surface area contributed by atoms with Crippen molar-refractivity contribution in [2.75, 3.05) is 31.1 Å². The number of anilines is 1. The number of benzene rings is 2. The Hall–Kier alpha value is -2.91. The molecule has 1 N–H and O–H groups in total. The summed E-state index contributed by atoms with van der Waals surface area (Å²) in [6, 6.07) is 11.4. The zero-order valence-corrected chi connectivity index (χ0v) is 20.0. The molecule has 9 heteroatoms. The first kappa shape index (κ1) is 24.2. The van der Waals surface area contributed by atoms with E-state index >= 15 is 0 Å². The summed E-state index contributed by atoms with van der Waals surface area (Å²) in [6.45, 7) is 8.65. The molecule has 180 valence electrons. The van der Waals surface area contributed by atoms with E-state index in [0.717, 1.165) is 43.3 Å². The van der Waals surface area contributed by atoms with Gasteiger partial charge in [-0.2, -0.15) is 13.2 Å². The van der Waals surface area contributed by atoms with E-state index in [4.69, 9.17) is 0 Å². The van der Waals surface area contributed by atoms with Crippen molar-refractivity contribution >= 4 is 22.9 Å². The lowest BCUT2D eigenvalue weighted by Crippen LogP contribution is -2.46.